The molecule has 0 radical (unpaired) electrons. The average Bonchev–Trinajstić information content (AvgIpc) is 3.98. The molecule has 0 spiro atoms. The Morgan fingerprint density at radius 3 is 2.09 bits per heavy atom. The number of likely N-dealkylation sites (N-methyl/N-ethyl adjacent to an activating group) is 1. The molecule has 0 aliphatic carbocycles. The third-order valence-electron chi connectivity index (χ3n) is 10.8. The van der Waals surface area contributed by atoms with Gasteiger partial charge in [-0.1, -0.05) is 26.0 Å². The number of nitrogens with one attached hydrogen (secondary N) is 8. The van der Waals surface area contributed by atoms with Crippen LogP contribution < -0.4 is 48.7 Å². The Labute approximate surface area is 382 Å². The molecule has 7 amide bonds. The van der Waals surface area contributed by atoms with Crippen LogP contribution in [-0.4, -0.2) is 161 Å². The molecule has 1 aromatic carbocycles. The van der Waals surface area contributed by atoms with Gasteiger partial charge >= 0.3 is 5.97 Å². The van der Waals surface area contributed by atoms with E-state index in [1.165, 1.54) is 62.6 Å². The quantitative estimate of drug-likeness (QED) is 0.0252. The van der Waals surface area contributed by atoms with Gasteiger partial charge in [0.15, 0.2) is 5.96 Å². The first kappa shape index (κ1) is 53.5. The number of benzene rings is 1. The summed E-state index contributed by atoms with van der Waals surface area (Å²) in [5.41, 5.74) is 11.8. The van der Waals surface area contributed by atoms with Crippen molar-refractivity contribution in [1.29, 1.82) is 0 Å². The number of aromatic hydroxyl groups is 1. The highest BCUT2D eigenvalue weighted by Gasteiger charge is 2.41. The average molecular weight is 928 g/mol. The number of phenols is 1. The summed E-state index contributed by atoms with van der Waals surface area (Å²) in [6.07, 6.45) is 2.65. The predicted octanol–water partition coefficient (Wildman–Crippen LogP) is -3.13. The van der Waals surface area contributed by atoms with Crippen molar-refractivity contribution in [3.05, 3.63) is 48.0 Å². The van der Waals surface area contributed by atoms with Crippen molar-refractivity contribution in [1.82, 2.24) is 52.1 Å². The molecule has 0 unspecified atom stereocenters. The molecule has 1 saturated heterocycles. The van der Waals surface area contributed by atoms with Gasteiger partial charge in [0.05, 0.1) is 19.0 Å². The molecule has 24 heteroatoms. The Morgan fingerprint density at radius 1 is 0.864 bits per heavy atom. The minimum atomic E-state index is -1.48. The van der Waals surface area contributed by atoms with Crippen molar-refractivity contribution in [2.24, 2.45) is 22.4 Å². The zero-order valence-electron chi connectivity index (χ0n) is 38.1. The number of hydrogen-bond donors (Lipinski definition) is 12. The van der Waals surface area contributed by atoms with Crippen molar-refractivity contribution in [2.45, 2.75) is 115 Å². The number of rotatable bonds is 26. The first-order chi connectivity index (χ1) is 31.2. The number of methoxy groups -OCH3 is 1. The number of aliphatic carboxylic acids is 1. The minimum absolute atomic E-state index is 0.0541. The fraction of sp³-hybridized carbons (Fsp3) is 0.571. The van der Waals surface area contributed by atoms with E-state index in [4.69, 9.17) is 16.2 Å². The molecule has 24 nitrogen and oxygen atoms in total. The monoisotopic (exact) mass is 927 g/mol. The summed E-state index contributed by atoms with van der Waals surface area (Å²) in [6, 6.07) is -2.90. The number of imidazole rings is 1. The number of aromatic nitrogens is 2. The second-order valence-corrected chi connectivity index (χ2v) is 16.3. The second kappa shape index (κ2) is 26.2. The molecular weight excluding hydrogens is 863 g/mol. The maximum Gasteiger partial charge on any atom is 0.325 e. The number of carboxylic acid groups (broad SMARTS) is 1. The Balaban J connectivity index is 1.91. The third kappa shape index (κ3) is 16.6. The predicted molar refractivity (Wildman–Crippen MR) is 239 cm³/mol. The van der Waals surface area contributed by atoms with Crippen LogP contribution in [-0.2, 0) is 55.9 Å². The highest BCUT2D eigenvalue weighted by Crippen LogP contribution is 2.20. The lowest BCUT2D eigenvalue weighted by molar-refractivity contribution is -0.145. The van der Waals surface area contributed by atoms with Gasteiger partial charge in [0.25, 0.3) is 0 Å². The number of guanidine groups is 1. The van der Waals surface area contributed by atoms with Gasteiger partial charge in [-0.25, -0.2) is 4.98 Å². The highest BCUT2D eigenvalue weighted by atomic mass is 16.5. The fourth-order valence-corrected chi connectivity index (χ4v) is 7.04. The number of H-pyrrole nitrogens is 1. The van der Waals surface area contributed by atoms with Gasteiger partial charge in [0.1, 0.15) is 48.0 Å². The van der Waals surface area contributed by atoms with E-state index in [-0.39, 0.29) is 57.0 Å². The summed E-state index contributed by atoms with van der Waals surface area (Å²) >= 11 is 0. The molecule has 1 fully saturated rings. The molecule has 364 valence electrons. The molecule has 8 atom stereocenters. The normalized spacial score (nSPS) is 16.6. The number of amides is 7. The van der Waals surface area contributed by atoms with Gasteiger partial charge in [-0.3, -0.25) is 43.3 Å². The second-order valence-electron chi connectivity index (χ2n) is 16.3. The lowest BCUT2D eigenvalue weighted by Crippen LogP contribution is -2.62. The maximum absolute atomic E-state index is 14.4. The first-order valence-electron chi connectivity index (χ1n) is 21.6. The number of likely N-dealkylation sites (tertiary alicyclic amines) is 1. The number of ether oxygens (including phenoxy) is 1. The van der Waals surface area contributed by atoms with Gasteiger partial charge < -0.3 is 73.5 Å². The summed E-state index contributed by atoms with van der Waals surface area (Å²) in [4.78, 5) is 120. The summed E-state index contributed by atoms with van der Waals surface area (Å²) in [5.74, 6) is -6.96. The van der Waals surface area contributed by atoms with E-state index < -0.39 is 102 Å². The molecule has 1 aliphatic rings. The van der Waals surface area contributed by atoms with Crippen molar-refractivity contribution in [3.8, 4) is 5.75 Å². The standard InChI is InChI=1S/C42H65N13O11/c1-22(2)33(53-35(58)28(50-32(57)20-45-5)9-7-15-47-42(43)44)38(61)51-29(17-25-11-13-27(56)14-12-25)36(59)54-34(24(4)66-6)39(62)52-30(18-26-19-46-21-48-26)40(63)55-16-8-10-31(55)37(60)49-23(3)41(64)65/h11-14,19,21-24,28-31,33-34,45,56H,7-10,15-18,20H2,1-6H3,(H,46,48)(H,49,60)(H,50,57)(H,51,61)(H,52,62)(H,53,58)(H,54,59)(H,64,65)(H4,43,44,47)/t23-,24-,28+,29+,30+,31+,33+,34+/m1/s1. The van der Waals surface area contributed by atoms with Crippen LogP contribution in [0.5, 0.6) is 5.75 Å². The number of hydrogen-bond acceptors (Lipinski definition) is 13. The molecule has 66 heavy (non-hydrogen) atoms. The molecule has 1 aliphatic heterocycles. The SMILES string of the molecule is CNCC(=O)N[C@@H](CCCN=C(N)N)C(=O)N[C@H](C(=O)N[C@@H](Cc1ccc(O)cc1)C(=O)N[C@H](C(=O)N[C@@H](Cc1cnc[nH]1)C(=O)N1CCC[C@H]1C(=O)N[C@H](C)C(=O)O)[C@@H](C)OC)C(C)C. The molecule has 0 saturated carbocycles. The summed E-state index contributed by atoms with van der Waals surface area (Å²) in [7, 11) is 2.86. The lowest BCUT2D eigenvalue weighted by atomic mass is 9.99. The molecule has 2 aromatic rings. The number of carboxylic acids is 1. The Kier molecular flexibility index (Phi) is 21.3. The summed E-state index contributed by atoms with van der Waals surface area (Å²) in [6.45, 7) is 6.36. The minimum Gasteiger partial charge on any atom is -0.508 e. The van der Waals surface area contributed by atoms with Crippen LogP contribution in [0.4, 0.5) is 0 Å². The van der Waals surface area contributed by atoms with Crippen LogP contribution in [0.15, 0.2) is 41.8 Å². The Morgan fingerprint density at radius 2 is 1.50 bits per heavy atom. The van der Waals surface area contributed by atoms with E-state index in [9.17, 15) is 48.6 Å². The van der Waals surface area contributed by atoms with E-state index in [0.29, 0.717) is 24.1 Å². The number of phenolic OH excluding ortho intramolecular Hbond substituents is 1. The van der Waals surface area contributed by atoms with Gasteiger partial charge in [0.2, 0.25) is 41.4 Å². The van der Waals surface area contributed by atoms with Gasteiger partial charge in [0, 0.05) is 44.9 Å². The number of aliphatic imine (C=N–C) groups is 1. The fourth-order valence-electron chi connectivity index (χ4n) is 7.04. The van der Waals surface area contributed by atoms with Crippen LogP contribution >= 0.6 is 0 Å². The number of nitrogens with zero attached hydrogens (tertiary/aromatic N) is 3. The van der Waals surface area contributed by atoms with Gasteiger partial charge in [-0.05, 0) is 70.2 Å². The smallest absolute Gasteiger partial charge is 0.325 e. The molecule has 14 N–H and O–H groups in total. The van der Waals surface area contributed by atoms with E-state index in [1.54, 1.807) is 20.9 Å². The van der Waals surface area contributed by atoms with Crippen LogP contribution in [0.2, 0.25) is 0 Å². The van der Waals surface area contributed by atoms with Crippen molar-refractivity contribution < 1.29 is 53.3 Å². The molecule has 3 rings (SSSR count). The zero-order valence-corrected chi connectivity index (χ0v) is 38.1. The van der Waals surface area contributed by atoms with Gasteiger partial charge in [-0.15, -0.1) is 0 Å². The maximum atomic E-state index is 14.4. The molecule has 0 bridgehead atoms. The van der Waals surface area contributed by atoms with Crippen molar-refractivity contribution in [3.63, 3.8) is 0 Å². The summed E-state index contributed by atoms with van der Waals surface area (Å²) in [5, 5.41) is 37.8. The van der Waals surface area contributed by atoms with E-state index >= 15 is 0 Å². The third-order valence-corrected chi connectivity index (χ3v) is 10.8. The number of aromatic amines is 1. The van der Waals surface area contributed by atoms with Crippen LogP contribution in [0.3, 0.4) is 0 Å². The molecule has 1 aromatic heterocycles. The first-order valence-corrected chi connectivity index (χ1v) is 21.6. The van der Waals surface area contributed by atoms with E-state index in [2.05, 4.69) is 52.2 Å². The van der Waals surface area contributed by atoms with Crippen molar-refractivity contribution in [2.75, 3.05) is 33.8 Å². The van der Waals surface area contributed by atoms with Crippen LogP contribution in [0.25, 0.3) is 0 Å². The number of carbonyl (C=O) groups excluding carboxylic acids is 7. The number of nitrogens with two attached hydrogens (primary N) is 2. The number of carbonyl (C=O) groups is 8. The molecule has 2 heterocycles. The Bertz CT molecular complexity index is 1990. The largest absolute Gasteiger partial charge is 0.508 e. The van der Waals surface area contributed by atoms with E-state index in [0.717, 1.165) is 0 Å². The van der Waals surface area contributed by atoms with Gasteiger partial charge in [-0.2, -0.15) is 0 Å². The Hall–Kier alpha value is -6.82. The van der Waals surface area contributed by atoms with Crippen LogP contribution in [0, 0.1) is 5.92 Å². The van der Waals surface area contributed by atoms with Crippen LogP contribution in [0.1, 0.15) is 64.6 Å². The zero-order chi connectivity index (χ0) is 49.1. The lowest BCUT2D eigenvalue weighted by Gasteiger charge is -2.31. The molecular formula is C42H65N13O11. The topological polar surface area (TPSA) is 367 Å². The summed E-state index contributed by atoms with van der Waals surface area (Å²) < 4.78 is 5.50. The van der Waals surface area contributed by atoms with E-state index in [1.807, 2.05) is 0 Å². The van der Waals surface area contributed by atoms with Crippen molar-refractivity contribution >= 4 is 53.3 Å². The highest BCUT2D eigenvalue weighted by molar-refractivity contribution is 5.98.